The van der Waals surface area contributed by atoms with Crippen LogP contribution in [-0.4, -0.2) is 12.2 Å². The van der Waals surface area contributed by atoms with E-state index in [-0.39, 0.29) is 6.10 Å². The first kappa shape index (κ1) is 21.0. The molecule has 0 radical (unpaired) electrons. The van der Waals surface area contributed by atoms with E-state index in [2.05, 4.69) is 6.92 Å². The van der Waals surface area contributed by atoms with Crippen molar-refractivity contribution in [3.05, 3.63) is 29.8 Å². The monoisotopic (exact) mass is 334 g/mol. The van der Waals surface area contributed by atoms with Gasteiger partial charge in [0, 0.05) is 0 Å². The maximum Gasteiger partial charge on any atom is 0.119 e. The van der Waals surface area contributed by atoms with Gasteiger partial charge in [-0.3, -0.25) is 0 Å². The van der Waals surface area contributed by atoms with Crippen LogP contribution in [0.4, 0.5) is 0 Å². The average molecular weight is 335 g/mol. The van der Waals surface area contributed by atoms with E-state index in [1.54, 1.807) is 7.11 Å². The molecule has 1 unspecified atom stereocenters. The molecule has 1 N–H and O–H groups in total. The number of aliphatic hydroxyl groups is 1. The second-order valence-corrected chi connectivity index (χ2v) is 6.97. The van der Waals surface area contributed by atoms with Gasteiger partial charge in [-0.05, 0) is 24.1 Å². The summed E-state index contributed by atoms with van der Waals surface area (Å²) in [6, 6.07) is 7.78. The first-order valence-electron chi connectivity index (χ1n) is 10.1. The minimum atomic E-state index is -0.358. The molecule has 1 rings (SSSR count). The quantitative estimate of drug-likeness (QED) is 0.357. The van der Waals surface area contributed by atoms with Crippen LogP contribution in [0.2, 0.25) is 0 Å². The summed E-state index contributed by atoms with van der Waals surface area (Å²) in [5.74, 6) is 0.821. The van der Waals surface area contributed by atoms with Crippen molar-refractivity contribution in [2.24, 2.45) is 0 Å². The molecule has 0 aliphatic rings. The van der Waals surface area contributed by atoms with E-state index in [0.717, 1.165) is 24.2 Å². The fourth-order valence-electron chi connectivity index (χ4n) is 3.19. The Morgan fingerprint density at radius 1 is 0.833 bits per heavy atom. The topological polar surface area (TPSA) is 29.5 Å². The van der Waals surface area contributed by atoms with E-state index < -0.39 is 0 Å². The Labute approximate surface area is 149 Å². The first-order valence-corrected chi connectivity index (χ1v) is 10.1. The Kier molecular flexibility index (Phi) is 12.6. The maximum absolute atomic E-state index is 10.2. The molecule has 2 heteroatoms. The van der Waals surface area contributed by atoms with Crippen LogP contribution in [-0.2, 0) is 0 Å². The minimum absolute atomic E-state index is 0.358. The molecule has 0 amide bonds. The predicted molar refractivity (Wildman–Crippen MR) is 104 cm³/mol. The molecular weight excluding hydrogens is 296 g/mol. The van der Waals surface area contributed by atoms with Crippen LogP contribution in [0.5, 0.6) is 5.75 Å². The zero-order valence-corrected chi connectivity index (χ0v) is 15.9. The SMILES string of the molecule is CCCCCCCCCCCCCCC(O)c1cccc(OC)c1. The number of hydrogen-bond donors (Lipinski definition) is 1. The average Bonchev–Trinajstić information content (AvgIpc) is 2.62. The van der Waals surface area contributed by atoms with Gasteiger partial charge in [0.15, 0.2) is 0 Å². The standard InChI is InChI=1S/C22H38O2/c1-3-4-5-6-7-8-9-10-11-12-13-14-18-22(23)20-16-15-17-21(19-20)24-2/h15-17,19,22-23H,3-14,18H2,1-2H3. The summed E-state index contributed by atoms with van der Waals surface area (Å²) < 4.78 is 5.21. The molecule has 0 saturated heterocycles. The highest BCUT2D eigenvalue weighted by molar-refractivity contribution is 5.29. The fourth-order valence-corrected chi connectivity index (χ4v) is 3.19. The third-order valence-corrected chi connectivity index (χ3v) is 4.81. The molecular formula is C22H38O2. The summed E-state index contributed by atoms with van der Waals surface area (Å²) in [6.07, 6.45) is 16.7. The minimum Gasteiger partial charge on any atom is -0.497 e. The zero-order chi connectivity index (χ0) is 17.5. The van der Waals surface area contributed by atoms with Gasteiger partial charge in [0.1, 0.15) is 5.75 Å². The Bertz CT molecular complexity index is 403. The molecule has 1 aromatic carbocycles. The van der Waals surface area contributed by atoms with E-state index in [1.165, 1.54) is 70.6 Å². The lowest BCUT2D eigenvalue weighted by Crippen LogP contribution is -1.98. The molecule has 2 nitrogen and oxygen atoms in total. The highest BCUT2D eigenvalue weighted by atomic mass is 16.5. The van der Waals surface area contributed by atoms with Gasteiger partial charge in [0.25, 0.3) is 0 Å². The summed E-state index contributed by atoms with van der Waals surface area (Å²) in [7, 11) is 1.66. The van der Waals surface area contributed by atoms with Crippen molar-refractivity contribution in [3.63, 3.8) is 0 Å². The molecule has 0 spiro atoms. The lowest BCUT2D eigenvalue weighted by molar-refractivity contribution is 0.163. The molecule has 24 heavy (non-hydrogen) atoms. The van der Waals surface area contributed by atoms with Crippen molar-refractivity contribution in [2.75, 3.05) is 7.11 Å². The lowest BCUT2D eigenvalue weighted by atomic mass is 10.0. The molecule has 0 aliphatic heterocycles. The number of unbranched alkanes of at least 4 members (excludes halogenated alkanes) is 11. The Morgan fingerprint density at radius 3 is 1.92 bits per heavy atom. The van der Waals surface area contributed by atoms with Gasteiger partial charge in [0.2, 0.25) is 0 Å². The largest absolute Gasteiger partial charge is 0.497 e. The van der Waals surface area contributed by atoms with Gasteiger partial charge in [-0.1, -0.05) is 96.1 Å². The van der Waals surface area contributed by atoms with Gasteiger partial charge in [-0.15, -0.1) is 0 Å². The Hall–Kier alpha value is -1.02. The smallest absolute Gasteiger partial charge is 0.119 e. The summed E-state index contributed by atoms with van der Waals surface area (Å²) in [6.45, 7) is 2.27. The van der Waals surface area contributed by atoms with Crippen LogP contribution in [0.15, 0.2) is 24.3 Å². The van der Waals surface area contributed by atoms with Crippen molar-refractivity contribution in [1.29, 1.82) is 0 Å². The second-order valence-electron chi connectivity index (χ2n) is 6.97. The highest BCUT2D eigenvalue weighted by Gasteiger charge is 2.07. The van der Waals surface area contributed by atoms with Crippen molar-refractivity contribution in [2.45, 2.75) is 96.5 Å². The molecule has 0 fully saturated rings. The van der Waals surface area contributed by atoms with Crippen LogP contribution in [0.3, 0.4) is 0 Å². The first-order chi connectivity index (χ1) is 11.8. The highest BCUT2D eigenvalue weighted by Crippen LogP contribution is 2.23. The number of rotatable bonds is 15. The van der Waals surface area contributed by atoms with Gasteiger partial charge in [-0.25, -0.2) is 0 Å². The summed E-state index contributed by atoms with van der Waals surface area (Å²) in [4.78, 5) is 0. The van der Waals surface area contributed by atoms with Crippen molar-refractivity contribution in [3.8, 4) is 5.75 Å². The summed E-state index contributed by atoms with van der Waals surface area (Å²) >= 11 is 0. The molecule has 1 aromatic rings. The normalized spacial score (nSPS) is 12.3. The van der Waals surface area contributed by atoms with E-state index in [9.17, 15) is 5.11 Å². The third kappa shape index (κ3) is 9.97. The van der Waals surface area contributed by atoms with Gasteiger partial charge < -0.3 is 9.84 Å². The molecule has 0 bridgehead atoms. The number of ether oxygens (including phenoxy) is 1. The Balaban J connectivity index is 1.94. The van der Waals surface area contributed by atoms with Gasteiger partial charge in [-0.2, -0.15) is 0 Å². The van der Waals surface area contributed by atoms with Gasteiger partial charge >= 0.3 is 0 Å². The van der Waals surface area contributed by atoms with Crippen LogP contribution in [0.25, 0.3) is 0 Å². The predicted octanol–water partition coefficient (Wildman–Crippen LogP) is 6.82. The van der Waals surface area contributed by atoms with Crippen LogP contribution >= 0.6 is 0 Å². The molecule has 0 aliphatic carbocycles. The number of methoxy groups -OCH3 is 1. The van der Waals surface area contributed by atoms with Crippen molar-refractivity contribution < 1.29 is 9.84 Å². The number of aliphatic hydroxyl groups excluding tert-OH is 1. The lowest BCUT2D eigenvalue weighted by Gasteiger charge is -2.12. The van der Waals surface area contributed by atoms with E-state index >= 15 is 0 Å². The van der Waals surface area contributed by atoms with Crippen molar-refractivity contribution in [1.82, 2.24) is 0 Å². The van der Waals surface area contributed by atoms with E-state index in [1.807, 2.05) is 24.3 Å². The molecule has 1 atom stereocenters. The Morgan fingerprint density at radius 2 is 1.38 bits per heavy atom. The van der Waals surface area contributed by atoms with Crippen molar-refractivity contribution >= 4 is 0 Å². The maximum atomic E-state index is 10.2. The van der Waals surface area contributed by atoms with Crippen LogP contribution in [0.1, 0.15) is 102 Å². The number of benzene rings is 1. The molecule has 0 heterocycles. The second kappa shape index (κ2) is 14.3. The summed E-state index contributed by atoms with van der Waals surface area (Å²) in [5.41, 5.74) is 0.970. The van der Waals surface area contributed by atoms with E-state index in [0.29, 0.717) is 0 Å². The fraction of sp³-hybridized carbons (Fsp3) is 0.727. The zero-order valence-electron chi connectivity index (χ0n) is 15.9. The van der Waals surface area contributed by atoms with E-state index in [4.69, 9.17) is 4.74 Å². The third-order valence-electron chi connectivity index (χ3n) is 4.81. The molecule has 0 saturated carbocycles. The van der Waals surface area contributed by atoms with Crippen LogP contribution < -0.4 is 4.74 Å². The number of hydrogen-bond acceptors (Lipinski definition) is 2. The van der Waals surface area contributed by atoms with Gasteiger partial charge in [0.05, 0.1) is 13.2 Å². The summed E-state index contributed by atoms with van der Waals surface area (Å²) in [5, 5.41) is 10.2. The molecule has 138 valence electrons. The van der Waals surface area contributed by atoms with Crippen LogP contribution in [0, 0.1) is 0 Å². The molecule has 0 aromatic heterocycles.